The Morgan fingerprint density at radius 3 is 2.87 bits per heavy atom. The fraction of sp³-hybridized carbons (Fsp3) is 0.727. The summed E-state index contributed by atoms with van der Waals surface area (Å²) in [6.07, 6.45) is 3.94. The van der Waals surface area contributed by atoms with Gasteiger partial charge in [0.25, 0.3) is 0 Å². The minimum absolute atomic E-state index is 0.408. The highest BCUT2D eigenvalue weighted by Crippen LogP contribution is 2.40. The highest BCUT2D eigenvalue weighted by atomic mass is 32.1. The summed E-state index contributed by atoms with van der Waals surface area (Å²) in [6.45, 7) is 2.89. The Morgan fingerprint density at radius 1 is 1.60 bits per heavy atom. The molecule has 15 heavy (non-hydrogen) atoms. The molecule has 1 fully saturated rings. The third-order valence-electron chi connectivity index (χ3n) is 3.37. The first-order valence-corrected chi connectivity index (χ1v) is 6.44. The Bertz CT molecular complexity index is 287. The molecule has 0 bridgehead atoms. The number of aromatic nitrogens is 1. The molecule has 4 heteroatoms. The summed E-state index contributed by atoms with van der Waals surface area (Å²) in [5.41, 5.74) is 9.33. The number of hydrogen-bond acceptors (Lipinski definition) is 4. The third-order valence-corrected chi connectivity index (χ3v) is 4.00. The van der Waals surface area contributed by atoms with E-state index in [1.807, 2.05) is 5.51 Å². The minimum Gasteiger partial charge on any atom is -0.330 e. The summed E-state index contributed by atoms with van der Waals surface area (Å²) < 4.78 is 0. The second-order valence-corrected chi connectivity index (χ2v) is 5.43. The molecule has 0 radical (unpaired) electrons. The zero-order valence-corrected chi connectivity index (χ0v) is 10.1. The van der Waals surface area contributed by atoms with Gasteiger partial charge < -0.3 is 5.73 Å². The van der Waals surface area contributed by atoms with Crippen LogP contribution in [0.4, 0.5) is 0 Å². The van der Waals surface area contributed by atoms with Gasteiger partial charge in [0.1, 0.15) is 0 Å². The molecule has 0 saturated heterocycles. The lowest BCUT2D eigenvalue weighted by molar-refractivity contribution is 0.0841. The average molecular weight is 225 g/mol. The van der Waals surface area contributed by atoms with E-state index in [1.165, 1.54) is 25.0 Å². The van der Waals surface area contributed by atoms with Crippen molar-refractivity contribution in [1.82, 2.24) is 9.88 Å². The van der Waals surface area contributed by atoms with E-state index in [2.05, 4.69) is 22.3 Å². The minimum atomic E-state index is 0.408. The summed E-state index contributed by atoms with van der Waals surface area (Å²) >= 11 is 1.66. The van der Waals surface area contributed by atoms with E-state index in [9.17, 15) is 0 Å². The van der Waals surface area contributed by atoms with Gasteiger partial charge in [-0.3, -0.25) is 4.90 Å². The van der Waals surface area contributed by atoms with Crippen LogP contribution in [0.15, 0.2) is 10.9 Å². The standard InChI is InChI=1S/C11H19N3S/c1-14(5-10-6-15-9-13-10)8-11(7-12)3-2-4-11/h6,9H,2-5,7-8,12H2,1H3. The molecule has 0 atom stereocenters. The summed E-state index contributed by atoms with van der Waals surface area (Å²) in [4.78, 5) is 6.65. The van der Waals surface area contributed by atoms with Crippen LogP contribution in [0.5, 0.6) is 0 Å². The van der Waals surface area contributed by atoms with Crippen molar-refractivity contribution >= 4 is 11.3 Å². The van der Waals surface area contributed by atoms with Gasteiger partial charge in [0.05, 0.1) is 11.2 Å². The Labute approximate surface area is 95.3 Å². The molecule has 84 valence electrons. The monoisotopic (exact) mass is 225 g/mol. The predicted octanol–water partition coefficient (Wildman–Crippen LogP) is 1.70. The molecule has 0 unspecified atom stereocenters. The molecule has 1 aliphatic carbocycles. The van der Waals surface area contributed by atoms with Gasteiger partial charge in [-0.25, -0.2) is 4.98 Å². The van der Waals surface area contributed by atoms with Crippen molar-refractivity contribution in [2.24, 2.45) is 11.1 Å². The lowest BCUT2D eigenvalue weighted by Crippen LogP contribution is -2.45. The maximum absolute atomic E-state index is 5.85. The molecular weight excluding hydrogens is 206 g/mol. The van der Waals surface area contributed by atoms with E-state index >= 15 is 0 Å². The quantitative estimate of drug-likeness (QED) is 0.829. The smallest absolute Gasteiger partial charge is 0.0795 e. The van der Waals surface area contributed by atoms with Crippen LogP contribution < -0.4 is 5.73 Å². The molecule has 2 N–H and O–H groups in total. The Morgan fingerprint density at radius 2 is 2.40 bits per heavy atom. The van der Waals surface area contributed by atoms with Gasteiger partial charge >= 0.3 is 0 Å². The van der Waals surface area contributed by atoms with Gasteiger partial charge in [-0.05, 0) is 31.8 Å². The SMILES string of the molecule is CN(Cc1cscn1)CC1(CN)CCC1. The zero-order valence-electron chi connectivity index (χ0n) is 9.28. The van der Waals surface area contributed by atoms with E-state index in [-0.39, 0.29) is 0 Å². The number of nitrogens with zero attached hydrogens (tertiary/aromatic N) is 2. The molecule has 1 aromatic heterocycles. The summed E-state index contributed by atoms with van der Waals surface area (Å²) in [7, 11) is 2.16. The van der Waals surface area contributed by atoms with Crippen molar-refractivity contribution in [1.29, 1.82) is 0 Å². The zero-order chi connectivity index (χ0) is 10.7. The summed E-state index contributed by atoms with van der Waals surface area (Å²) in [6, 6.07) is 0. The van der Waals surface area contributed by atoms with Crippen LogP contribution in [0, 0.1) is 5.41 Å². The fourth-order valence-corrected chi connectivity index (χ4v) is 2.87. The van der Waals surface area contributed by atoms with E-state index in [0.717, 1.165) is 19.6 Å². The lowest BCUT2D eigenvalue weighted by Gasteiger charge is -2.43. The molecule has 1 aromatic rings. The first-order chi connectivity index (χ1) is 7.24. The van der Waals surface area contributed by atoms with Crippen LogP contribution in [0.25, 0.3) is 0 Å². The Kier molecular flexibility index (Phi) is 3.38. The number of thiazole rings is 1. The van der Waals surface area contributed by atoms with Gasteiger partial charge in [0, 0.05) is 18.5 Å². The van der Waals surface area contributed by atoms with Crippen molar-refractivity contribution in [3.63, 3.8) is 0 Å². The van der Waals surface area contributed by atoms with Crippen LogP contribution in [0.3, 0.4) is 0 Å². The van der Waals surface area contributed by atoms with E-state index in [0.29, 0.717) is 5.41 Å². The molecule has 1 saturated carbocycles. The Balaban J connectivity index is 1.84. The topological polar surface area (TPSA) is 42.2 Å². The van der Waals surface area contributed by atoms with Crippen molar-refractivity contribution in [3.05, 3.63) is 16.6 Å². The second kappa shape index (κ2) is 4.60. The second-order valence-electron chi connectivity index (χ2n) is 4.71. The predicted molar refractivity (Wildman–Crippen MR) is 63.8 cm³/mol. The Hall–Kier alpha value is -0.450. The van der Waals surface area contributed by atoms with Crippen molar-refractivity contribution < 1.29 is 0 Å². The number of rotatable bonds is 5. The average Bonchev–Trinajstić information content (AvgIpc) is 2.64. The van der Waals surface area contributed by atoms with Crippen LogP contribution in [0.1, 0.15) is 25.0 Å². The van der Waals surface area contributed by atoms with Gasteiger partial charge in [0.2, 0.25) is 0 Å². The van der Waals surface area contributed by atoms with Gasteiger partial charge in [-0.1, -0.05) is 6.42 Å². The fourth-order valence-electron chi connectivity index (χ4n) is 2.32. The van der Waals surface area contributed by atoms with Crippen LogP contribution in [-0.2, 0) is 6.54 Å². The lowest BCUT2D eigenvalue weighted by atomic mass is 9.68. The number of nitrogens with two attached hydrogens (primary N) is 1. The number of hydrogen-bond donors (Lipinski definition) is 1. The van der Waals surface area contributed by atoms with Gasteiger partial charge in [-0.15, -0.1) is 11.3 Å². The molecule has 0 spiro atoms. The molecular formula is C11H19N3S. The van der Waals surface area contributed by atoms with E-state index in [1.54, 1.807) is 11.3 Å². The molecule has 1 aliphatic rings. The first kappa shape index (κ1) is 11.0. The summed E-state index contributed by atoms with van der Waals surface area (Å²) in [5.74, 6) is 0. The van der Waals surface area contributed by atoms with Crippen LogP contribution in [0.2, 0.25) is 0 Å². The molecule has 2 rings (SSSR count). The van der Waals surface area contributed by atoms with Crippen molar-refractivity contribution in [2.75, 3.05) is 20.1 Å². The van der Waals surface area contributed by atoms with Crippen molar-refractivity contribution in [3.8, 4) is 0 Å². The van der Waals surface area contributed by atoms with E-state index in [4.69, 9.17) is 5.73 Å². The largest absolute Gasteiger partial charge is 0.330 e. The molecule has 0 aliphatic heterocycles. The molecule has 1 heterocycles. The maximum Gasteiger partial charge on any atom is 0.0795 e. The summed E-state index contributed by atoms with van der Waals surface area (Å²) in [5, 5.41) is 2.12. The van der Waals surface area contributed by atoms with Crippen LogP contribution in [-0.4, -0.2) is 30.0 Å². The molecule has 0 amide bonds. The maximum atomic E-state index is 5.85. The molecule has 3 nitrogen and oxygen atoms in total. The first-order valence-electron chi connectivity index (χ1n) is 5.50. The highest BCUT2D eigenvalue weighted by molar-refractivity contribution is 7.07. The highest BCUT2D eigenvalue weighted by Gasteiger charge is 2.36. The van der Waals surface area contributed by atoms with Crippen LogP contribution >= 0.6 is 11.3 Å². The molecule has 0 aromatic carbocycles. The van der Waals surface area contributed by atoms with Gasteiger partial charge in [-0.2, -0.15) is 0 Å². The van der Waals surface area contributed by atoms with Gasteiger partial charge in [0.15, 0.2) is 0 Å². The van der Waals surface area contributed by atoms with Crippen molar-refractivity contribution in [2.45, 2.75) is 25.8 Å². The van der Waals surface area contributed by atoms with E-state index < -0.39 is 0 Å². The normalized spacial score (nSPS) is 19.1. The third kappa shape index (κ3) is 2.56.